The molecule has 2 aliphatic rings. The van der Waals surface area contributed by atoms with Crippen molar-refractivity contribution in [3.8, 4) is 17.2 Å². The van der Waals surface area contributed by atoms with Crippen LogP contribution in [0.4, 0.5) is 0 Å². The molecule has 0 unspecified atom stereocenters. The maximum Gasteiger partial charge on any atom is 0.165 e. The number of likely N-dealkylation sites (tertiary alicyclic amines) is 1. The molecule has 1 aromatic carbocycles. The molecule has 2 aliphatic heterocycles. The van der Waals surface area contributed by atoms with Crippen LogP contribution in [0.1, 0.15) is 32.5 Å². The number of imidazole rings is 1. The van der Waals surface area contributed by atoms with Gasteiger partial charge in [-0.1, -0.05) is 11.6 Å². The van der Waals surface area contributed by atoms with Gasteiger partial charge in [0.2, 0.25) is 0 Å². The Hall–Kier alpha value is -2.67. The number of rotatable bonds is 4. The summed E-state index contributed by atoms with van der Waals surface area (Å²) in [5.74, 6) is 3.52. The van der Waals surface area contributed by atoms with Gasteiger partial charge in [-0.05, 0) is 37.1 Å². The van der Waals surface area contributed by atoms with Crippen molar-refractivity contribution >= 4 is 23.0 Å². The average Bonchev–Trinajstić information content (AvgIpc) is 3.19. The molecule has 8 heteroatoms. The second kappa shape index (κ2) is 8.37. The quantitative estimate of drug-likeness (QED) is 0.577. The van der Waals surface area contributed by atoms with Crippen LogP contribution in [0, 0.1) is 5.41 Å². The first-order valence-electron chi connectivity index (χ1n) is 9.80. The molecule has 3 heterocycles. The lowest BCUT2D eigenvalue weighted by molar-refractivity contribution is 0.128. The Morgan fingerprint density at radius 1 is 1.21 bits per heavy atom. The minimum Gasteiger partial charge on any atom is -0.490 e. The van der Waals surface area contributed by atoms with E-state index >= 15 is 0 Å². The van der Waals surface area contributed by atoms with Crippen LogP contribution < -0.4 is 14.2 Å². The maximum absolute atomic E-state index is 8.59. The molecule has 0 bridgehead atoms. The number of aromatic nitrogens is 2. The van der Waals surface area contributed by atoms with Crippen LogP contribution in [-0.2, 0) is 0 Å². The first-order chi connectivity index (χ1) is 14.0. The summed E-state index contributed by atoms with van der Waals surface area (Å²) < 4.78 is 17.3. The number of fused-ring (bicyclic) bond motifs is 1. The average molecular weight is 417 g/mol. The first-order valence-corrected chi connectivity index (χ1v) is 10.2. The van der Waals surface area contributed by atoms with Crippen LogP contribution in [0.3, 0.4) is 0 Å². The highest BCUT2D eigenvalue weighted by Crippen LogP contribution is 2.34. The zero-order chi connectivity index (χ0) is 20.4. The smallest absolute Gasteiger partial charge is 0.165 e. The molecule has 0 radical (unpaired) electrons. The van der Waals surface area contributed by atoms with Crippen molar-refractivity contribution in [2.45, 2.75) is 32.8 Å². The number of aromatic amines is 1. The fourth-order valence-electron chi connectivity index (χ4n) is 3.57. The zero-order valence-corrected chi connectivity index (χ0v) is 17.4. The van der Waals surface area contributed by atoms with Crippen molar-refractivity contribution in [3.63, 3.8) is 0 Å². The van der Waals surface area contributed by atoms with Gasteiger partial charge >= 0.3 is 0 Å². The molecule has 0 atom stereocenters. The SMILES string of the molecule is C/C(C(=N)N1CCC(Oc2ccc3c(c2)OCCO3)CC1)=C(\C)c1ncc(Cl)[nH]1. The summed E-state index contributed by atoms with van der Waals surface area (Å²) in [6.07, 6.45) is 3.42. The summed E-state index contributed by atoms with van der Waals surface area (Å²) in [4.78, 5) is 9.36. The molecule has 154 valence electrons. The van der Waals surface area contributed by atoms with Gasteiger partial charge in [-0.15, -0.1) is 0 Å². The minimum atomic E-state index is 0.121. The topological polar surface area (TPSA) is 83.5 Å². The van der Waals surface area contributed by atoms with E-state index in [1.54, 1.807) is 6.20 Å². The Bertz CT molecular complexity index is 932. The molecule has 1 fully saturated rings. The minimum absolute atomic E-state index is 0.121. The fraction of sp³-hybridized carbons (Fsp3) is 0.429. The van der Waals surface area contributed by atoms with Crippen LogP contribution in [0.2, 0.25) is 5.15 Å². The van der Waals surface area contributed by atoms with E-state index in [9.17, 15) is 0 Å². The Morgan fingerprint density at radius 3 is 2.62 bits per heavy atom. The van der Waals surface area contributed by atoms with Gasteiger partial charge in [0.15, 0.2) is 11.5 Å². The largest absolute Gasteiger partial charge is 0.490 e. The summed E-state index contributed by atoms with van der Waals surface area (Å²) in [5.41, 5.74) is 1.82. The van der Waals surface area contributed by atoms with Crippen molar-refractivity contribution in [2.24, 2.45) is 0 Å². The fourth-order valence-corrected chi connectivity index (χ4v) is 3.71. The lowest BCUT2D eigenvalue weighted by atomic mass is 10.0. The number of amidine groups is 1. The third-order valence-electron chi connectivity index (χ3n) is 5.39. The highest BCUT2D eigenvalue weighted by Gasteiger charge is 2.24. The second-order valence-corrected chi connectivity index (χ2v) is 7.70. The molecule has 29 heavy (non-hydrogen) atoms. The lowest BCUT2D eigenvalue weighted by Gasteiger charge is -2.34. The number of H-pyrrole nitrogens is 1. The number of nitrogens with zero attached hydrogens (tertiary/aromatic N) is 2. The summed E-state index contributed by atoms with van der Waals surface area (Å²) in [5, 5.41) is 9.09. The number of ether oxygens (including phenoxy) is 3. The van der Waals surface area contributed by atoms with E-state index in [1.165, 1.54) is 0 Å². The van der Waals surface area contributed by atoms with Gasteiger partial charge in [0, 0.05) is 32.0 Å². The van der Waals surface area contributed by atoms with Crippen molar-refractivity contribution in [3.05, 3.63) is 40.9 Å². The molecule has 0 saturated carbocycles. The van der Waals surface area contributed by atoms with Crippen molar-refractivity contribution in [1.82, 2.24) is 14.9 Å². The number of halogens is 1. The third kappa shape index (κ3) is 4.34. The van der Waals surface area contributed by atoms with E-state index < -0.39 is 0 Å². The summed E-state index contributed by atoms with van der Waals surface area (Å²) in [7, 11) is 0. The van der Waals surface area contributed by atoms with E-state index in [4.69, 9.17) is 31.2 Å². The molecule has 2 N–H and O–H groups in total. The van der Waals surface area contributed by atoms with Crippen LogP contribution in [0.5, 0.6) is 17.2 Å². The molecule has 7 nitrogen and oxygen atoms in total. The maximum atomic E-state index is 8.59. The Kier molecular flexibility index (Phi) is 5.67. The summed E-state index contributed by atoms with van der Waals surface area (Å²) >= 11 is 5.93. The molecule has 0 amide bonds. The van der Waals surface area contributed by atoms with Crippen molar-refractivity contribution in [1.29, 1.82) is 5.41 Å². The predicted octanol–water partition coefficient (Wildman–Crippen LogP) is 4.15. The lowest BCUT2D eigenvalue weighted by Crippen LogP contribution is -2.42. The number of nitrogens with one attached hydrogen (secondary N) is 2. The monoisotopic (exact) mass is 416 g/mol. The normalized spacial score (nSPS) is 17.7. The molecule has 0 aliphatic carbocycles. The van der Waals surface area contributed by atoms with Crippen LogP contribution in [-0.4, -0.2) is 53.1 Å². The van der Waals surface area contributed by atoms with Gasteiger partial charge in [-0.2, -0.15) is 0 Å². The van der Waals surface area contributed by atoms with Crippen LogP contribution >= 0.6 is 11.6 Å². The number of piperidine rings is 1. The number of hydrogen-bond donors (Lipinski definition) is 2. The standard InChI is InChI=1S/C21H25ClN4O3/c1-13(14(2)21-24-12-19(22)25-21)20(23)26-7-5-15(6-8-26)29-16-3-4-17-18(11-16)28-10-9-27-17/h3-4,11-12,15,23H,5-10H2,1-2H3,(H,24,25)/b14-13-,23-20?. The van der Waals surface area contributed by atoms with E-state index in [0.29, 0.717) is 30.0 Å². The van der Waals surface area contributed by atoms with E-state index in [1.807, 2.05) is 32.0 Å². The van der Waals surface area contributed by atoms with E-state index in [2.05, 4.69) is 14.9 Å². The molecular weight excluding hydrogens is 392 g/mol. The van der Waals surface area contributed by atoms with Gasteiger partial charge in [0.1, 0.15) is 41.9 Å². The van der Waals surface area contributed by atoms with E-state index in [0.717, 1.165) is 54.3 Å². The van der Waals surface area contributed by atoms with E-state index in [-0.39, 0.29) is 6.10 Å². The molecule has 0 spiro atoms. The highest BCUT2D eigenvalue weighted by molar-refractivity contribution is 6.29. The summed E-state index contributed by atoms with van der Waals surface area (Å²) in [6.45, 7) is 6.60. The van der Waals surface area contributed by atoms with Crippen molar-refractivity contribution in [2.75, 3.05) is 26.3 Å². The third-order valence-corrected chi connectivity index (χ3v) is 5.58. The number of allylic oxidation sites excluding steroid dienone is 1. The van der Waals surface area contributed by atoms with Crippen molar-refractivity contribution < 1.29 is 14.2 Å². The second-order valence-electron chi connectivity index (χ2n) is 7.29. The van der Waals surface area contributed by atoms with Crippen LogP contribution in [0.25, 0.3) is 5.57 Å². The predicted molar refractivity (Wildman–Crippen MR) is 112 cm³/mol. The van der Waals surface area contributed by atoms with Gasteiger partial charge in [-0.3, -0.25) is 5.41 Å². The Morgan fingerprint density at radius 2 is 1.93 bits per heavy atom. The van der Waals surface area contributed by atoms with Crippen LogP contribution in [0.15, 0.2) is 30.0 Å². The molecule has 1 aromatic heterocycles. The molecule has 1 saturated heterocycles. The van der Waals surface area contributed by atoms with Gasteiger partial charge < -0.3 is 24.1 Å². The molecule has 2 aromatic rings. The molecule has 4 rings (SSSR count). The highest BCUT2D eigenvalue weighted by atomic mass is 35.5. The zero-order valence-electron chi connectivity index (χ0n) is 16.6. The number of hydrogen-bond acceptors (Lipinski definition) is 5. The summed E-state index contributed by atoms with van der Waals surface area (Å²) in [6, 6.07) is 5.72. The van der Waals surface area contributed by atoms with Gasteiger partial charge in [-0.25, -0.2) is 4.98 Å². The van der Waals surface area contributed by atoms with Gasteiger partial charge in [0.25, 0.3) is 0 Å². The molecular formula is C21H25ClN4O3. The van der Waals surface area contributed by atoms with Gasteiger partial charge in [0.05, 0.1) is 6.20 Å². The Labute approximate surface area is 175 Å². The Balaban J connectivity index is 1.35. The number of benzene rings is 1. The first kappa shape index (κ1) is 19.6.